The summed E-state index contributed by atoms with van der Waals surface area (Å²) < 4.78 is 26.3. The summed E-state index contributed by atoms with van der Waals surface area (Å²) in [5, 5.41) is 0. The summed E-state index contributed by atoms with van der Waals surface area (Å²) in [5.74, 6) is 1.55. The average Bonchev–Trinajstić information content (AvgIpc) is 3.70. The molecular weight excluding hydrogens is 532 g/mol. The molecule has 0 aromatic heterocycles. The Balaban J connectivity index is 1.61. The van der Waals surface area contributed by atoms with Crippen LogP contribution in [0.5, 0.6) is 0 Å². The van der Waals surface area contributed by atoms with Crippen LogP contribution < -0.4 is 0 Å². The summed E-state index contributed by atoms with van der Waals surface area (Å²) in [6, 6.07) is 0. The van der Waals surface area contributed by atoms with Gasteiger partial charge in [-0.1, -0.05) is 61.8 Å². The van der Waals surface area contributed by atoms with E-state index in [2.05, 4.69) is 41.5 Å². The second-order valence-corrected chi connectivity index (χ2v) is 15.0. The largest absolute Gasteiger partial charge is 0.458 e. The molecule has 5 aliphatic rings. The maximum absolute atomic E-state index is 13.1. The first kappa shape index (κ1) is 31.9. The molecule has 2 aliphatic heterocycles. The zero-order valence-corrected chi connectivity index (χ0v) is 27.3. The first-order chi connectivity index (χ1) is 20.0. The molecule has 5 fully saturated rings. The van der Waals surface area contributed by atoms with Crippen molar-refractivity contribution in [2.24, 2.45) is 58.7 Å². The van der Waals surface area contributed by atoms with Crippen molar-refractivity contribution in [2.75, 3.05) is 6.61 Å². The van der Waals surface area contributed by atoms with Crippen molar-refractivity contribution in [1.29, 1.82) is 0 Å². The standard InChI is InChI=1S/C35H56O7/c1-9-23(18(4)5)32-31(42-32)20(7)30-29-27(24-16-22(36)13-12-21(24)17-39-30)33(40-25(37)10-2)34(41-26(38)11-3)28-19(6)14-15-35(28,29)8/h18-21,23-24,27-34H,9-17H2,1-8H3/t19-,20+,21-,23+,24?,27?,28?,29?,30+,31-,32-,33+,34-,35-/m1/s1. The lowest BCUT2D eigenvalue weighted by Gasteiger charge is -2.58. The summed E-state index contributed by atoms with van der Waals surface area (Å²) in [6.45, 7) is 18.0. The highest BCUT2D eigenvalue weighted by atomic mass is 16.6. The lowest BCUT2D eigenvalue weighted by Crippen LogP contribution is -2.64. The van der Waals surface area contributed by atoms with Gasteiger partial charge in [-0.25, -0.2) is 0 Å². The molecular formula is C35H56O7. The quantitative estimate of drug-likeness (QED) is 0.227. The second-order valence-electron chi connectivity index (χ2n) is 15.0. The summed E-state index contributed by atoms with van der Waals surface area (Å²) in [5.41, 5.74) is -0.182. The van der Waals surface area contributed by atoms with E-state index in [1.807, 2.05) is 13.8 Å². The number of ketones is 1. The van der Waals surface area contributed by atoms with Crippen LogP contribution in [-0.4, -0.2) is 54.8 Å². The van der Waals surface area contributed by atoms with Crippen LogP contribution in [-0.2, 0) is 33.3 Å². The fraction of sp³-hybridized carbons (Fsp3) is 0.914. The Morgan fingerprint density at radius 2 is 1.62 bits per heavy atom. The van der Waals surface area contributed by atoms with Gasteiger partial charge in [0, 0.05) is 43.4 Å². The van der Waals surface area contributed by atoms with Gasteiger partial charge in [0.2, 0.25) is 0 Å². The van der Waals surface area contributed by atoms with Gasteiger partial charge < -0.3 is 18.9 Å². The molecule has 7 nitrogen and oxygen atoms in total. The van der Waals surface area contributed by atoms with Crippen LogP contribution in [0, 0.1) is 58.7 Å². The minimum Gasteiger partial charge on any atom is -0.458 e. The molecule has 238 valence electrons. The lowest BCUT2D eigenvalue weighted by atomic mass is 9.49. The van der Waals surface area contributed by atoms with Gasteiger partial charge in [-0.3, -0.25) is 14.4 Å². The van der Waals surface area contributed by atoms with Crippen LogP contribution in [0.1, 0.15) is 107 Å². The number of esters is 2. The topological polar surface area (TPSA) is 91.4 Å². The molecule has 0 bridgehead atoms. The molecule has 42 heavy (non-hydrogen) atoms. The number of carbonyl (C=O) groups is 3. The third-order valence-corrected chi connectivity index (χ3v) is 12.4. The lowest BCUT2D eigenvalue weighted by molar-refractivity contribution is -0.227. The normalized spacial score (nSPS) is 44.3. The van der Waals surface area contributed by atoms with Gasteiger partial charge in [0.1, 0.15) is 18.0 Å². The number of hydrogen-bond acceptors (Lipinski definition) is 7. The third-order valence-electron chi connectivity index (χ3n) is 12.4. The van der Waals surface area contributed by atoms with E-state index >= 15 is 0 Å². The van der Waals surface area contributed by atoms with E-state index in [4.69, 9.17) is 18.9 Å². The van der Waals surface area contributed by atoms with Crippen molar-refractivity contribution in [3.05, 3.63) is 0 Å². The molecule has 0 aromatic carbocycles. The first-order valence-corrected chi connectivity index (χ1v) is 17.1. The van der Waals surface area contributed by atoms with Gasteiger partial charge in [0.05, 0.1) is 24.9 Å². The Hall–Kier alpha value is -1.47. The molecule has 0 aromatic rings. The number of fused-ring (bicyclic) bond motifs is 5. The molecule has 7 heteroatoms. The van der Waals surface area contributed by atoms with Gasteiger partial charge in [-0.05, 0) is 60.2 Å². The van der Waals surface area contributed by atoms with Crippen LogP contribution in [0.25, 0.3) is 0 Å². The molecule has 5 rings (SSSR count). The van der Waals surface area contributed by atoms with E-state index in [-0.39, 0.29) is 89.8 Å². The molecule has 0 N–H and O–H groups in total. The van der Waals surface area contributed by atoms with Gasteiger partial charge in [-0.2, -0.15) is 0 Å². The zero-order chi connectivity index (χ0) is 30.5. The Bertz CT molecular complexity index is 1010. The van der Waals surface area contributed by atoms with Crippen LogP contribution in [0.3, 0.4) is 0 Å². The number of ether oxygens (including phenoxy) is 4. The van der Waals surface area contributed by atoms with Gasteiger partial charge in [0.25, 0.3) is 0 Å². The Kier molecular flexibility index (Phi) is 9.50. The smallest absolute Gasteiger partial charge is 0.305 e. The number of epoxide rings is 1. The number of rotatable bonds is 9. The van der Waals surface area contributed by atoms with Gasteiger partial charge in [0.15, 0.2) is 0 Å². The zero-order valence-electron chi connectivity index (χ0n) is 27.3. The van der Waals surface area contributed by atoms with Crippen molar-refractivity contribution < 1.29 is 33.3 Å². The minimum absolute atomic E-state index is 0.0367. The van der Waals surface area contributed by atoms with E-state index in [9.17, 15) is 14.4 Å². The van der Waals surface area contributed by atoms with Gasteiger partial charge >= 0.3 is 11.9 Å². The molecule has 2 heterocycles. The maximum Gasteiger partial charge on any atom is 0.305 e. The maximum atomic E-state index is 13.1. The Labute approximate surface area is 253 Å². The van der Waals surface area contributed by atoms with E-state index < -0.39 is 12.2 Å². The fourth-order valence-electron chi connectivity index (χ4n) is 10.3. The minimum atomic E-state index is -0.582. The molecule has 3 saturated carbocycles. The Morgan fingerprint density at radius 3 is 2.24 bits per heavy atom. The van der Waals surface area contributed by atoms with E-state index in [1.54, 1.807) is 0 Å². The number of carbonyl (C=O) groups excluding carboxylic acids is 3. The van der Waals surface area contributed by atoms with Crippen molar-refractivity contribution in [1.82, 2.24) is 0 Å². The highest BCUT2D eigenvalue weighted by Gasteiger charge is 2.68. The van der Waals surface area contributed by atoms with E-state index in [0.717, 1.165) is 25.7 Å². The average molecular weight is 589 g/mol. The molecule has 0 spiro atoms. The van der Waals surface area contributed by atoms with Crippen molar-refractivity contribution in [3.63, 3.8) is 0 Å². The molecule has 2 saturated heterocycles. The molecule has 0 amide bonds. The summed E-state index contributed by atoms with van der Waals surface area (Å²) in [6.07, 6.45) is 4.71. The first-order valence-electron chi connectivity index (χ1n) is 17.1. The molecule has 3 aliphatic carbocycles. The van der Waals surface area contributed by atoms with Crippen LogP contribution in [0.15, 0.2) is 0 Å². The molecule has 4 unspecified atom stereocenters. The summed E-state index contributed by atoms with van der Waals surface area (Å²) >= 11 is 0. The molecule has 14 atom stereocenters. The highest BCUT2D eigenvalue weighted by molar-refractivity contribution is 5.79. The fourth-order valence-corrected chi connectivity index (χ4v) is 10.3. The molecule has 0 radical (unpaired) electrons. The highest BCUT2D eigenvalue weighted by Crippen LogP contribution is 2.65. The number of Topliss-reactive ketones (excluding diaryl/α,β-unsaturated/α-hetero) is 1. The van der Waals surface area contributed by atoms with Crippen LogP contribution in [0.2, 0.25) is 0 Å². The van der Waals surface area contributed by atoms with Gasteiger partial charge in [-0.15, -0.1) is 0 Å². The number of hydrogen-bond donors (Lipinski definition) is 0. The third kappa shape index (κ3) is 5.59. The summed E-state index contributed by atoms with van der Waals surface area (Å²) in [7, 11) is 0. The van der Waals surface area contributed by atoms with E-state index in [0.29, 0.717) is 37.2 Å². The van der Waals surface area contributed by atoms with Crippen LogP contribution in [0.4, 0.5) is 0 Å². The van der Waals surface area contributed by atoms with Crippen LogP contribution >= 0.6 is 0 Å². The van der Waals surface area contributed by atoms with Crippen molar-refractivity contribution >= 4 is 17.7 Å². The summed E-state index contributed by atoms with van der Waals surface area (Å²) in [4.78, 5) is 39.1. The second kappa shape index (κ2) is 12.5. The van der Waals surface area contributed by atoms with E-state index in [1.165, 1.54) is 0 Å². The predicted molar refractivity (Wildman–Crippen MR) is 159 cm³/mol. The Morgan fingerprint density at radius 1 is 0.952 bits per heavy atom. The van der Waals surface area contributed by atoms with Crippen molar-refractivity contribution in [3.8, 4) is 0 Å². The monoisotopic (exact) mass is 588 g/mol. The predicted octanol–water partition coefficient (Wildman–Crippen LogP) is 6.40. The SMILES string of the molecule is CCC(=O)O[C@@H]1C2[C@H](C)CC[C@@]2(C)C2C(C3CC(=O)CC[C@@H]3CO[C@H]2[C@H](C)[C@H]2O[C@@H]2[C@@H](CC)C(C)C)[C@@H]1OC(=O)CC. The van der Waals surface area contributed by atoms with Crippen molar-refractivity contribution in [2.45, 2.75) is 137 Å².